The lowest BCUT2D eigenvalue weighted by Gasteiger charge is -2.31. The minimum atomic E-state index is -0.566. The molecule has 138 valence electrons. The van der Waals surface area contributed by atoms with Crippen LogP contribution in [0.25, 0.3) is 0 Å². The van der Waals surface area contributed by atoms with E-state index in [1.807, 2.05) is 4.90 Å². The molecule has 3 N–H and O–H groups in total. The van der Waals surface area contributed by atoms with Gasteiger partial charge in [0.2, 0.25) is 17.6 Å². The Morgan fingerprint density at radius 1 is 1.35 bits per heavy atom. The first-order valence-corrected chi connectivity index (χ1v) is 8.46. The molecule has 1 aliphatic rings. The number of methoxy groups -OCH3 is 1. The molecule has 2 heterocycles. The number of nitrogen functional groups attached to an aromatic ring is 1. The molecule has 0 aliphatic carbocycles. The lowest BCUT2D eigenvalue weighted by atomic mass is 10.0. The minimum Gasteiger partial charge on any atom is -0.497 e. The van der Waals surface area contributed by atoms with Gasteiger partial charge in [-0.1, -0.05) is 6.92 Å². The zero-order valence-corrected chi connectivity index (χ0v) is 14.8. The van der Waals surface area contributed by atoms with Crippen LogP contribution in [0.2, 0.25) is 0 Å². The topological polar surface area (TPSA) is 119 Å². The predicted molar refractivity (Wildman–Crippen MR) is 100.0 cm³/mol. The first-order valence-electron chi connectivity index (χ1n) is 8.46. The van der Waals surface area contributed by atoms with E-state index in [1.54, 1.807) is 31.4 Å². The van der Waals surface area contributed by atoms with E-state index in [0.717, 1.165) is 25.9 Å². The summed E-state index contributed by atoms with van der Waals surface area (Å²) in [6.45, 7) is 3.78. The fourth-order valence-corrected chi connectivity index (χ4v) is 3.05. The van der Waals surface area contributed by atoms with Crippen LogP contribution in [-0.2, 0) is 0 Å². The molecule has 3 rings (SSSR count). The molecule has 26 heavy (non-hydrogen) atoms. The number of hydrogen-bond acceptors (Lipinski definition) is 8. The summed E-state index contributed by atoms with van der Waals surface area (Å²) in [7, 11) is 1.57. The smallest absolute Gasteiger partial charge is 0.353 e. The summed E-state index contributed by atoms with van der Waals surface area (Å²) in [5.74, 6) is 1.56. The molecule has 0 saturated carbocycles. The summed E-state index contributed by atoms with van der Waals surface area (Å²) >= 11 is 0. The number of benzene rings is 1. The number of hydrogen-bond donors (Lipinski definition) is 2. The zero-order chi connectivity index (χ0) is 18.7. The average Bonchev–Trinajstić information content (AvgIpc) is 2.61. The van der Waals surface area contributed by atoms with Gasteiger partial charge in [0.1, 0.15) is 5.75 Å². The van der Waals surface area contributed by atoms with E-state index in [0.29, 0.717) is 23.3 Å². The van der Waals surface area contributed by atoms with Gasteiger partial charge in [0.05, 0.1) is 12.0 Å². The van der Waals surface area contributed by atoms with Crippen molar-refractivity contribution < 1.29 is 9.66 Å². The van der Waals surface area contributed by atoms with Crippen molar-refractivity contribution in [3.05, 3.63) is 34.4 Å². The highest BCUT2D eigenvalue weighted by Gasteiger charge is 2.26. The molecule has 9 nitrogen and oxygen atoms in total. The minimum absolute atomic E-state index is 0.0842. The predicted octanol–water partition coefficient (Wildman–Crippen LogP) is 2.96. The molecular formula is C17H22N6O3. The Labute approximate surface area is 151 Å². The third kappa shape index (κ3) is 3.76. The first kappa shape index (κ1) is 17.7. The molecule has 0 radical (unpaired) electrons. The second-order valence-electron chi connectivity index (χ2n) is 6.41. The molecule has 1 aromatic heterocycles. The Kier molecular flexibility index (Phi) is 5.06. The van der Waals surface area contributed by atoms with Gasteiger partial charge in [-0.25, -0.2) is 0 Å². The van der Waals surface area contributed by atoms with Crippen LogP contribution in [0.1, 0.15) is 19.8 Å². The molecule has 0 amide bonds. The Morgan fingerprint density at radius 2 is 2.08 bits per heavy atom. The largest absolute Gasteiger partial charge is 0.497 e. The third-order valence-corrected chi connectivity index (χ3v) is 4.37. The number of aromatic nitrogens is 2. The summed E-state index contributed by atoms with van der Waals surface area (Å²) in [5.41, 5.74) is 6.20. The molecule has 0 bridgehead atoms. The van der Waals surface area contributed by atoms with E-state index >= 15 is 0 Å². The number of nitrogens with two attached hydrogens (primary N) is 1. The van der Waals surface area contributed by atoms with E-state index in [-0.39, 0.29) is 17.3 Å². The number of nitro groups is 1. The first-order chi connectivity index (χ1) is 12.5. The lowest BCUT2D eigenvalue weighted by molar-refractivity contribution is -0.383. The average molecular weight is 358 g/mol. The van der Waals surface area contributed by atoms with Crippen LogP contribution in [-0.4, -0.2) is 35.1 Å². The second kappa shape index (κ2) is 7.42. The number of ether oxygens (including phenoxy) is 1. The third-order valence-electron chi connectivity index (χ3n) is 4.37. The summed E-state index contributed by atoms with van der Waals surface area (Å²) in [6, 6.07) is 7.02. The van der Waals surface area contributed by atoms with Crippen LogP contribution in [0.15, 0.2) is 24.3 Å². The van der Waals surface area contributed by atoms with Gasteiger partial charge < -0.3 is 20.7 Å². The van der Waals surface area contributed by atoms with E-state index in [9.17, 15) is 10.1 Å². The van der Waals surface area contributed by atoms with Crippen molar-refractivity contribution >= 4 is 29.0 Å². The number of nitrogens with one attached hydrogen (secondary N) is 1. The molecular weight excluding hydrogens is 336 g/mol. The maximum Gasteiger partial charge on any atom is 0.353 e. The van der Waals surface area contributed by atoms with Crippen LogP contribution in [0.5, 0.6) is 5.75 Å². The quantitative estimate of drug-likeness (QED) is 0.618. The van der Waals surface area contributed by atoms with Crippen molar-refractivity contribution in [3.8, 4) is 5.75 Å². The van der Waals surface area contributed by atoms with Crippen molar-refractivity contribution in [1.82, 2.24) is 9.97 Å². The van der Waals surface area contributed by atoms with Crippen molar-refractivity contribution in [2.24, 2.45) is 5.92 Å². The Morgan fingerprint density at radius 3 is 2.69 bits per heavy atom. The van der Waals surface area contributed by atoms with Gasteiger partial charge in [-0.2, -0.15) is 9.97 Å². The summed E-state index contributed by atoms with van der Waals surface area (Å²) in [6.07, 6.45) is 2.18. The van der Waals surface area contributed by atoms with Gasteiger partial charge in [0.15, 0.2) is 0 Å². The van der Waals surface area contributed by atoms with Gasteiger partial charge in [-0.15, -0.1) is 0 Å². The molecule has 0 unspecified atom stereocenters. The standard InChI is InChI=1S/C17H22N6O3/c1-11-4-3-9-22(10-11)17-20-15(18)14(23(24)25)16(21-17)19-12-5-7-13(26-2)8-6-12/h5-8,11H,3-4,9-10H2,1-2H3,(H3,18,19,20,21)/t11-/m1/s1. The number of rotatable bonds is 5. The van der Waals surface area contributed by atoms with Crippen LogP contribution in [0.4, 0.5) is 29.0 Å². The molecule has 1 aliphatic heterocycles. The van der Waals surface area contributed by atoms with Crippen LogP contribution >= 0.6 is 0 Å². The lowest BCUT2D eigenvalue weighted by Crippen LogP contribution is -2.35. The summed E-state index contributed by atoms with van der Waals surface area (Å²) < 4.78 is 5.12. The van der Waals surface area contributed by atoms with E-state index < -0.39 is 4.92 Å². The van der Waals surface area contributed by atoms with Crippen LogP contribution in [0.3, 0.4) is 0 Å². The van der Waals surface area contributed by atoms with E-state index in [1.165, 1.54) is 0 Å². The maximum atomic E-state index is 11.4. The van der Waals surface area contributed by atoms with Crippen molar-refractivity contribution in [2.75, 3.05) is 36.1 Å². The monoisotopic (exact) mass is 358 g/mol. The maximum absolute atomic E-state index is 11.4. The fourth-order valence-electron chi connectivity index (χ4n) is 3.05. The van der Waals surface area contributed by atoms with Crippen LogP contribution < -0.4 is 20.7 Å². The van der Waals surface area contributed by atoms with Crippen molar-refractivity contribution in [3.63, 3.8) is 0 Å². The normalized spacial score (nSPS) is 17.0. The van der Waals surface area contributed by atoms with Crippen LogP contribution in [0, 0.1) is 16.0 Å². The number of anilines is 4. The van der Waals surface area contributed by atoms with Gasteiger partial charge in [-0.3, -0.25) is 10.1 Å². The highest BCUT2D eigenvalue weighted by molar-refractivity contribution is 5.74. The van der Waals surface area contributed by atoms with Gasteiger partial charge in [0, 0.05) is 18.8 Å². The number of nitrogens with zero attached hydrogens (tertiary/aromatic N) is 4. The van der Waals surface area contributed by atoms with E-state index in [2.05, 4.69) is 22.2 Å². The van der Waals surface area contributed by atoms with Crippen molar-refractivity contribution in [2.45, 2.75) is 19.8 Å². The Balaban J connectivity index is 1.96. The molecule has 1 atom stereocenters. The molecule has 1 saturated heterocycles. The Hall–Kier alpha value is -3.10. The second-order valence-corrected chi connectivity index (χ2v) is 6.41. The summed E-state index contributed by atoms with van der Waals surface area (Å²) in [5, 5.41) is 14.4. The SMILES string of the molecule is COc1ccc(Nc2nc(N3CCC[C@@H](C)C3)nc(N)c2[N+](=O)[O-])cc1. The molecule has 1 aromatic carbocycles. The van der Waals surface area contributed by atoms with E-state index in [4.69, 9.17) is 10.5 Å². The Bertz CT molecular complexity index is 796. The summed E-state index contributed by atoms with van der Waals surface area (Å²) in [4.78, 5) is 21.5. The molecule has 1 fully saturated rings. The molecule has 9 heteroatoms. The van der Waals surface area contributed by atoms with Gasteiger partial charge in [-0.05, 0) is 43.0 Å². The van der Waals surface area contributed by atoms with Crippen molar-refractivity contribution in [1.29, 1.82) is 0 Å². The highest BCUT2D eigenvalue weighted by atomic mass is 16.6. The number of piperidine rings is 1. The van der Waals surface area contributed by atoms with Gasteiger partial charge in [0.25, 0.3) is 0 Å². The fraction of sp³-hybridized carbons (Fsp3) is 0.412. The molecule has 2 aromatic rings. The molecule has 0 spiro atoms. The van der Waals surface area contributed by atoms with Gasteiger partial charge >= 0.3 is 5.69 Å². The zero-order valence-electron chi connectivity index (χ0n) is 14.8. The highest BCUT2D eigenvalue weighted by Crippen LogP contribution is 2.33.